The Morgan fingerprint density at radius 3 is 1.30 bits per heavy atom. The van der Waals surface area contributed by atoms with Crippen molar-refractivity contribution in [3.63, 3.8) is 0 Å². The maximum absolute atomic E-state index is 9.55. The largest absolute Gasteiger partial charge is 0.478 e. The van der Waals surface area contributed by atoms with Crippen LogP contribution in [0.15, 0.2) is 12.2 Å². The van der Waals surface area contributed by atoms with Crippen LogP contribution in [0.25, 0.3) is 0 Å². The van der Waals surface area contributed by atoms with Crippen molar-refractivity contribution in [1.82, 2.24) is 0 Å². The second-order valence-electron chi connectivity index (χ2n) is 1.01. The van der Waals surface area contributed by atoms with E-state index < -0.39 is 11.9 Å². The van der Waals surface area contributed by atoms with Crippen LogP contribution < -0.4 is 0 Å². The molecule has 4 N–H and O–H groups in total. The maximum Gasteiger partial charge on any atom is 0.328 e. The summed E-state index contributed by atoms with van der Waals surface area (Å²) < 4.78 is 0. The van der Waals surface area contributed by atoms with Gasteiger partial charge in [0.2, 0.25) is 0 Å². The minimum atomic E-state index is -1.26. The Hall–Kier alpha value is -0.737. The van der Waals surface area contributed by atoms with Gasteiger partial charge in [0.05, 0.1) is 0 Å². The Labute approximate surface area is 69.4 Å². The fourth-order valence-corrected chi connectivity index (χ4v) is 0.143. The number of aliphatic carboxylic acids is 2. The predicted molar refractivity (Wildman–Crippen MR) is 28.0 cm³/mol. The molecule has 0 aliphatic heterocycles. The molecule has 10 heavy (non-hydrogen) atoms. The summed E-state index contributed by atoms with van der Waals surface area (Å²) in [5, 5.41) is 15.6. The molecule has 0 heterocycles. The van der Waals surface area contributed by atoms with Crippen LogP contribution in [0.1, 0.15) is 0 Å². The fourth-order valence-electron chi connectivity index (χ4n) is 0.143. The molecule has 0 saturated heterocycles. The normalized spacial score (nSPS) is 7.60. The van der Waals surface area contributed by atoms with Gasteiger partial charge in [-0.25, -0.2) is 9.59 Å². The zero-order valence-electron chi connectivity index (χ0n) is 5.07. The number of carboxylic acids is 2. The predicted octanol–water partition coefficient (Wildman–Crippen LogP) is -1.12. The monoisotopic (exact) mass is 198 g/mol. The van der Waals surface area contributed by atoms with Gasteiger partial charge in [-0.2, -0.15) is 0 Å². The number of hydrogen-bond acceptors (Lipinski definition) is 2. The van der Waals surface area contributed by atoms with Crippen molar-refractivity contribution in [2.75, 3.05) is 0 Å². The molecule has 6 heteroatoms. The molecule has 0 aromatic rings. The van der Waals surface area contributed by atoms with Crippen LogP contribution in [-0.2, 0) is 29.1 Å². The van der Waals surface area contributed by atoms with Gasteiger partial charge in [-0.15, -0.1) is 0 Å². The van der Waals surface area contributed by atoms with Gasteiger partial charge in [-0.1, -0.05) is 0 Å². The summed E-state index contributed by atoms with van der Waals surface area (Å²) in [7, 11) is 0. The van der Waals surface area contributed by atoms with Gasteiger partial charge in [0.25, 0.3) is 0 Å². The average Bonchev–Trinajstić information content (AvgIpc) is 1.61. The molecule has 5 nitrogen and oxygen atoms in total. The van der Waals surface area contributed by atoms with Gasteiger partial charge >= 0.3 is 11.9 Å². The number of carboxylic acid groups (broad SMARTS) is 2. The Kier molecular flexibility index (Phi) is 13.3. The van der Waals surface area contributed by atoms with E-state index in [1.165, 1.54) is 0 Å². The molecule has 0 amide bonds. The molecular formula is C4H6O5Zn. The summed E-state index contributed by atoms with van der Waals surface area (Å²) in [5.41, 5.74) is 0. The van der Waals surface area contributed by atoms with Crippen LogP contribution in [-0.4, -0.2) is 27.6 Å². The zero-order chi connectivity index (χ0) is 6.57. The van der Waals surface area contributed by atoms with Crippen LogP contribution >= 0.6 is 0 Å². The first-order valence-electron chi connectivity index (χ1n) is 1.77. The smallest absolute Gasteiger partial charge is 0.328 e. The summed E-state index contributed by atoms with van der Waals surface area (Å²) in [4.78, 5) is 19.1. The third-order valence-corrected chi connectivity index (χ3v) is 0.368. The molecule has 0 fully saturated rings. The Bertz CT molecular complexity index is 125. The van der Waals surface area contributed by atoms with E-state index in [0.29, 0.717) is 12.2 Å². The van der Waals surface area contributed by atoms with Gasteiger partial charge < -0.3 is 15.7 Å². The third-order valence-electron chi connectivity index (χ3n) is 0.368. The van der Waals surface area contributed by atoms with Crippen molar-refractivity contribution in [3.05, 3.63) is 12.2 Å². The van der Waals surface area contributed by atoms with Gasteiger partial charge in [0, 0.05) is 31.6 Å². The molecule has 0 spiro atoms. The molecule has 0 rings (SSSR count). The van der Waals surface area contributed by atoms with Crippen LogP contribution in [0.2, 0.25) is 0 Å². The number of carbonyl (C=O) groups is 2. The van der Waals surface area contributed by atoms with Crippen LogP contribution in [0, 0.1) is 0 Å². The summed E-state index contributed by atoms with van der Waals surface area (Å²) in [6.07, 6.45) is 1.12. The van der Waals surface area contributed by atoms with E-state index >= 15 is 0 Å². The third kappa shape index (κ3) is 15.7. The molecule has 0 saturated carbocycles. The van der Waals surface area contributed by atoms with E-state index in [4.69, 9.17) is 10.2 Å². The summed E-state index contributed by atoms with van der Waals surface area (Å²) in [6, 6.07) is 0. The standard InChI is InChI=1S/C4H4O4.H2O.Zn/c5-3(6)1-2-4(7)8;;/h1-2H,(H,5,6)(H,7,8);1H2;/b2-1+;;. The number of rotatable bonds is 2. The van der Waals surface area contributed by atoms with Gasteiger partial charge in [-0.3, -0.25) is 0 Å². The molecule has 0 radical (unpaired) electrons. The Morgan fingerprint density at radius 2 is 1.20 bits per heavy atom. The first-order chi connectivity index (χ1) is 3.63. The van der Waals surface area contributed by atoms with E-state index in [-0.39, 0.29) is 25.0 Å². The second-order valence-corrected chi connectivity index (χ2v) is 1.01. The fraction of sp³-hybridized carbons (Fsp3) is 0. The van der Waals surface area contributed by atoms with Crippen molar-refractivity contribution in [1.29, 1.82) is 0 Å². The minimum absolute atomic E-state index is 0. The molecule has 0 aliphatic carbocycles. The van der Waals surface area contributed by atoms with Crippen LogP contribution in [0.4, 0.5) is 0 Å². The molecule has 0 aromatic carbocycles. The first-order valence-corrected chi connectivity index (χ1v) is 1.77. The summed E-state index contributed by atoms with van der Waals surface area (Å²) in [5.74, 6) is -2.51. The second kappa shape index (κ2) is 8.26. The van der Waals surface area contributed by atoms with E-state index in [1.54, 1.807) is 0 Å². The average molecular weight is 199 g/mol. The molecule has 0 atom stereocenters. The molecule has 0 unspecified atom stereocenters. The van der Waals surface area contributed by atoms with Gasteiger partial charge in [0.1, 0.15) is 0 Å². The van der Waals surface area contributed by atoms with E-state index in [1.807, 2.05) is 0 Å². The van der Waals surface area contributed by atoms with E-state index in [2.05, 4.69) is 0 Å². The Morgan fingerprint density at radius 1 is 1.00 bits per heavy atom. The molecule has 54 valence electrons. The SMILES string of the molecule is O.O=C(O)/C=C/C(=O)O.[Zn]. The summed E-state index contributed by atoms with van der Waals surface area (Å²) >= 11 is 0. The minimum Gasteiger partial charge on any atom is -0.478 e. The van der Waals surface area contributed by atoms with E-state index in [9.17, 15) is 9.59 Å². The maximum atomic E-state index is 9.55. The summed E-state index contributed by atoms with van der Waals surface area (Å²) in [6.45, 7) is 0. The van der Waals surface area contributed by atoms with Gasteiger partial charge in [-0.05, 0) is 0 Å². The molecular weight excluding hydrogens is 193 g/mol. The van der Waals surface area contributed by atoms with Crippen molar-refractivity contribution >= 4 is 11.9 Å². The van der Waals surface area contributed by atoms with Crippen LogP contribution in [0.3, 0.4) is 0 Å². The van der Waals surface area contributed by atoms with Crippen molar-refractivity contribution in [2.45, 2.75) is 0 Å². The molecule has 0 aromatic heterocycles. The molecule has 0 aliphatic rings. The van der Waals surface area contributed by atoms with Crippen molar-refractivity contribution in [3.8, 4) is 0 Å². The number of hydrogen-bond donors (Lipinski definition) is 2. The van der Waals surface area contributed by atoms with Crippen LogP contribution in [0.5, 0.6) is 0 Å². The van der Waals surface area contributed by atoms with E-state index in [0.717, 1.165) is 0 Å². The van der Waals surface area contributed by atoms with Gasteiger partial charge in [0.15, 0.2) is 0 Å². The van der Waals surface area contributed by atoms with Crippen molar-refractivity contribution < 1.29 is 44.8 Å². The quantitative estimate of drug-likeness (QED) is 0.434. The van der Waals surface area contributed by atoms with Crippen molar-refractivity contribution in [2.24, 2.45) is 0 Å². The zero-order valence-corrected chi connectivity index (χ0v) is 8.04. The molecule has 0 bridgehead atoms. The first kappa shape index (κ1) is 16.1. The topological polar surface area (TPSA) is 106 Å². The Balaban J connectivity index is -0.000000245.